The maximum Gasteiger partial charge on any atom is 0.328 e. The van der Waals surface area contributed by atoms with Gasteiger partial charge >= 0.3 is 5.97 Å². The van der Waals surface area contributed by atoms with Crippen LogP contribution >= 0.6 is 0 Å². The number of methoxy groups -OCH3 is 1. The molecule has 1 aromatic rings. The highest BCUT2D eigenvalue weighted by molar-refractivity contribution is 5.96. The molecular weight excluding hydrogens is 284 g/mol. The van der Waals surface area contributed by atoms with Crippen molar-refractivity contribution in [3.8, 4) is 0 Å². The minimum Gasteiger partial charge on any atom is -0.467 e. The van der Waals surface area contributed by atoms with E-state index in [4.69, 9.17) is 0 Å². The average molecular weight is 306 g/mol. The lowest BCUT2D eigenvalue weighted by Gasteiger charge is -2.18. The summed E-state index contributed by atoms with van der Waals surface area (Å²) >= 11 is 0. The molecule has 0 bridgehead atoms. The Bertz CT molecular complexity index is 514. The molecule has 6 heteroatoms. The molecule has 0 unspecified atom stereocenters. The number of esters is 1. The molecule has 0 aromatic heterocycles. The molecule has 1 atom stereocenters. The van der Waals surface area contributed by atoms with E-state index in [1.165, 1.54) is 7.11 Å². The van der Waals surface area contributed by atoms with Gasteiger partial charge < -0.3 is 15.4 Å². The van der Waals surface area contributed by atoms with Crippen LogP contribution in [0.1, 0.15) is 30.6 Å². The van der Waals surface area contributed by atoms with Gasteiger partial charge in [0, 0.05) is 5.56 Å². The molecule has 0 aliphatic carbocycles. The van der Waals surface area contributed by atoms with E-state index in [-0.39, 0.29) is 18.4 Å². The third-order valence-corrected chi connectivity index (χ3v) is 2.97. The van der Waals surface area contributed by atoms with Crippen molar-refractivity contribution < 1.29 is 19.1 Å². The van der Waals surface area contributed by atoms with Gasteiger partial charge in [-0.05, 0) is 24.5 Å². The van der Waals surface area contributed by atoms with Crippen molar-refractivity contribution in [2.45, 2.75) is 26.3 Å². The van der Waals surface area contributed by atoms with E-state index in [2.05, 4.69) is 15.4 Å². The van der Waals surface area contributed by atoms with E-state index >= 15 is 0 Å². The molecule has 0 heterocycles. The van der Waals surface area contributed by atoms with Crippen LogP contribution in [-0.2, 0) is 14.3 Å². The van der Waals surface area contributed by atoms with Gasteiger partial charge in [0.2, 0.25) is 5.91 Å². The zero-order chi connectivity index (χ0) is 16.5. The van der Waals surface area contributed by atoms with E-state index < -0.39 is 17.9 Å². The molecule has 2 amide bonds. The van der Waals surface area contributed by atoms with E-state index in [0.29, 0.717) is 12.0 Å². The molecule has 22 heavy (non-hydrogen) atoms. The summed E-state index contributed by atoms with van der Waals surface area (Å²) in [5.41, 5.74) is 0.474. The summed E-state index contributed by atoms with van der Waals surface area (Å²) in [6, 6.07) is 7.89. The fraction of sp³-hybridized carbons (Fsp3) is 0.438. The zero-order valence-corrected chi connectivity index (χ0v) is 13.1. The van der Waals surface area contributed by atoms with E-state index in [9.17, 15) is 14.4 Å². The number of ether oxygens (including phenoxy) is 1. The fourth-order valence-electron chi connectivity index (χ4n) is 1.93. The normalized spacial score (nSPS) is 11.6. The van der Waals surface area contributed by atoms with Crippen LogP contribution in [0.5, 0.6) is 0 Å². The molecular formula is C16H22N2O4. The van der Waals surface area contributed by atoms with Crippen molar-refractivity contribution in [3.05, 3.63) is 35.9 Å². The Morgan fingerprint density at radius 1 is 1.14 bits per heavy atom. The lowest BCUT2D eigenvalue weighted by molar-refractivity contribution is -0.145. The van der Waals surface area contributed by atoms with Gasteiger partial charge in [0.1, 0.15) is 6.04 Å². The van der Waals surface area contributed by atoms with E-state index in [0.717, 1.165) is 0 Å². The quantitative estimate of drug-likeness (QED) is 0.739. The molecule has 0 radical (unpaired) electrons. The molecule has 0 spiro atoms. The second-order valence-electron chi connectivity index (χ2n) is 5.32. The Morgan fingerprint density at radius 3 is 2.32 bits per heavy atom. The van der Waals surface area contributed by atoms with Crippen molar-refractivity contribution in [3.63, 3.8) is 0 Å². The van der Waals surface area contributed by atoms with Crippen LogP contribution in [0, 0.1) is 5.92 Å². The maximum atomic E-state index is 11.9. The number of carbonyl (C=O) groups excluding carboxylic acids is 3. The standard InChI is InChI=1S/C16H22N2O4/c1-11(2)9-13(16(21)22-3)18-14(19)10-17-15(20)12-7-5-4-6-8-12/h4-8,11,13H,9-10H2,1-3H3,(H,17,20)(H,18,19)/t13-/m0/s1. The Hall–Kier alpha value is -2.37. The second kappa shape index (κ2) is 8.81. The minimum absolute atomic E-state index is 0.195. The number of amides is 2. The van der Waals surface area contributed by atoms with Crippen LogP contribution in [0.25, 0.3) is 0 Å². The van der Waals surface area contributed by atoms with Crippen molar-refractivity contribution in [1.29, 1.82) is 0 Å². The van der Waals surface area contributed by atoms with Crippen molar-refractivity contribution in [2.24, 2.45) is 5.92 Å². The van der Waals surface area contributed by atoms with Crippen molar-refractivity contribution in [1.82, 2.24) is 10.6 Å². The van der Waals surface area contributed by atoms with Gasteiger partial charge in [-0.3, -0.25) is 9.59 Å². The van der Waals surface area contributed by atoms with Crippen LogP contribution in [-0.4, -0.2) is 37.5 Å². The largest absolute Gasteiger partial charge is 0.467 e. The molecule has 0 saturated carbocycles. The Balaban J connectivity index is 2.50. The number of hydrogen-bond acceptors (Lipinski definition) is 4. The lowest BCUT2D eigenvalue weighted by atomic mass is 10.0. The van der Waals surface area contributed by atoms with Crippen LogP contribution in [0.3, 0.4) is 0 Å². The summed E-state index contributed by atoms with van der Waals surface area (Å²) in [7, 11) is 1.28. The van der Waals surface area contributed by atoms with Crippen molar-refractivity contribution >= 4 is 17.8 Å². The first kappa shape index (κ1) is 17.7. The fourth-order valence-corrected chi connectivity index (χ4v) is 1.93. The summed E-state index contributed by atoms with van der Waals surface area (Å²) in [5.74, 6) is -1.03. The Kier molecular flexibility index (Phi) is 7.08. The topological polar surface area (TPSA) is 84.5 Å². The van der Waals surface area contributed by atoms with Crippen molar-refractivity contribution in [2.75, 3.05) is 13.7 Å². The predicted molar refractivity (Wildman–Crippen MR) is 82.2 cm³/mol. The first-order valence-electron chi connectivity index (χ1n) is 7.14. The zero-order valence-electron chi connectivity index (χ0n) is 13.1. The van der Waals surface area contributed by atoms with Gasteiger partial charge in [0.15, 0.2) is 0 Å². The summed E-state index contributed by atoms with van der Waals surface area (Å²) in [6.45, 7) is 3.69. The Morgan fingerprint density at radius 2 is 1.77 bits per heavy atom. The lowest BCUT2D eigenvalue weighted by Crippen LogP contribution is -2.46. The number of carbonyl (C=O) groups is 3. The number of hydrogen-bond donors (Lipinski definition) is 2. The molecule has 2 N–H and O–H groups in total. The first-order chi connectivity index (χ1) is 10.4. The number of nitrogens with one attached hydrogen (secondary N) is 2. The Labute approximate surface area is 130 Å². The van der Waals surface area contributed by atoms with Gasteiger partial charge in [0.25, 0.3) is 5.91 Å². The number of benzene rings is 1. The van der Waals surface area contributed by atoms with Gasteiger partial charge in [-0.1, -0.05) is 32.0 Å². The summed E-state index contributed by atoms with van der Waals surface area (Å²) in [4.78, 5) is 35.3. The highest BCUT2D eigenvalue weighted by atomic mass is 16.5. The molecule has 0 saturated heterocycles. The van der Waals surface area contributed by atoms with E-state index in [1.807, 2.05) is 13.8 Å². The van der Waals surface area contributed by atoms with Crippen LogP contribution in [0.4, 0.5) is 0 Å². The molecule has 0 fully saturated rings. The summed E-state index contributed by atoms with van der Waals surface area (Å²) in [6.07, 6.45) is 0.477. The molecule has 1 aromatic carbocycles. The van der Waals surface area contributed by atoms with Crippen LogP contribution in [0.2, 0.25) is 0 Å². The molecule has 0 aliphatic heterocycles. The molecule has 1 rings (SSSR count). The highest BCUT2D eigenvalue weighted by Crippen LogP contribution is 2.06. The third kappa shape index (κ3) is 5.95. The van der Waals surface area contributed by atoms with Crippen LogP contribution in [0.15, 0.2) is 30.3 Å². The predicted octanol–water partition coefficient (Wildman–Crippen LogP) is 1.12. The first-order valence-corrected chi connectivity index (χ1v) is 7.14. The summed E-state index contributed by atoms with van der Waals surface area (Å²) < 4.78 is 4.67. The highest BCUT2D eigenvalue weighted by Gasteiger charge is 2.22. The van der Waals surface area contributed by atoms with Crippen LogP contribution < -0.4 is 10.6 Å². The smallest absolute Gasteiger partial charge is 0.328 e. The van der Waals surface area contributed by atoms with Gasteiger partial charge in [0.05, 0.1) is 13.7 Å². The third-order valence-electron chi connectivity index (χ3n) is 2.97. The average Bonchev–Trinajstić information content (AvgIpc) is 2.51. The van der Waals surface area contributed by atoms with Gasteiger partial charge in [-0.2, -0.15) is 0 Å². The minimum atomic E-state index is -0.703. The SMILES string of the molecule is COC(=O)[C@H](CC(C)C)NC(=O)CNC(=O)c1ccccc1. The monoisotopic (exact) mass is 306 g/mol. The maximum absolute atomic E-state index is 11.9. The molecule has 120 valence electrons. The van der Waals surface area contributed by atoms with E-state index in [1.54, 1.807) is 30.3 Å². The summed E-state index contributed by atoms with van der Waals surface area (Å²) in [5, 5.41) is 5.09. The molecule has 6 nitrogen and oxygen atoms in total. The second-order valence-corrected chi connectivity index (χ2v) is 5.32. The van der Waals surface area contributed by atoms with Gasteiger partial charge in [-0.15, -0.1) is 0 Å². The van der Waals surface area contributed by atoms with Gasteiger partial charge in [-0.25, -0.2) is 4.79 Å². The number of rotatable bonds is 7. The molecule has 0 aliphatic rings.